The van der Waals surface area contributed by atoms with Crippen molar-refractivity contribution in [2.45, 2.75) is 45.4 Å². The highest BCUT2D eigenvalue weighted by molar-refractivity contribution is 6.13. The summed E-state index contributed by atoms with van der Waals surface area (Å²) >= 11 is 0. The highest BCUT2D eigenvalue weighted by Crippen LogP contribution is 2.40. The molecule has 2 aliphatic heterocycles. The number of benzene rings is 1. The number of amides is 2. The minimum absolute atomic E-state index is 0.0666. The number of alkyl halides is 3. The summed E-state index contributed by atoms with van der Waals surface area (Å²) < 4.78 is 44.3. The molecule has 2 amide bonds. The lowest BCUT2D eigenvalue weighted by molar-refractivity contribution is -0.163. The number of likely N-dealkylation sites (tertiary alicyclic amines) is 1. The molecule has 0 aromatic heterocycles. The Bertz CT molecular complexity index is 818. The lowest BCUT2D eigenvalue weighted by atomic mass is 9.73. The van der Waals surface area contributed by atoms with Crippen molar-refractivity contribution in [3.63, 3.8) is 0 Å². The van der Waals surface area contributed by atoms with Gasteiger partial charge in [0.05, 0.1) is 5.71 Å². The van der Waals surface area contributed by atoms with Crippen LogP contribution in [0.1, 0.15) is 32.8 Å². The lowest BCUT2D eigenvalue weighted by Gasteiger charge is -2.39. The first-order valence-corrected chi connectivity index (χ1v) is 9.38. The number of ether oxygens (including phenoxy) is 1. The van der Waals surface area contributed by atoms with Gasteiger partial charge in [0.1, 0.15) is 17.6 Å². The van der Waals surface area contributed by atoms with Crippen molar-refractivity contribution in [2.75, 3.05) is 19.6 Å². The quantitative estimate of drug-likeness (QED) is 0.763. The van der Waals surface area contributed by atoms with Crippen molar-refractivity contribution < 1.29 is 27.5 Å². The van der Waals surface area contributed by atoms with E-state index in [1.165, 1.54) is 4.90 Å². The largest absolute Gasteiger partial charge is 0.444 e. The van der Waals surface area contributed by atoms with E-state index in [0.717, 1.165) is 5.56 Å². The van der Waals surface area contributed by atoms with Crippen LogP contribution in [0.15, 0.2) is 35.4 Å². The van der Waals surface area contributed by atoms with E-state index in [1.807, 2.05) is 6.07 Å². The van der Waals surface area contributed by atoms with Crippen molar-refractivity contribution in [2.24, 2.45) is 10.5 Å². The molecule has 1 aromatic carbocycles. The minimum atomic E-state index is -4.56. The molecule has 0 N–H and O–H groups in total. The van der Waals surface area contributed by atoms with Gasteiger partial charge in [-0.25, -0.2) is 9.80 Å². The zero-order valence-electron chi connectivity index (χ0n) is 16.6. The molecule has 2 aliphatic rings. The molecule has 158 valence electrons. The summed E-state index contributed by atoms with van der Waals surface area (Å²) in [6.07, 6.45) is -4.77. The average Bonchev–Trinajstić information content (AvgIpc) is 2.84. The monoisotopic (exact) mass is 411 g/mol. The van der Waals surface area contributed by atoms with Gasteiger partial charge >= 0.3 is 12.3 Å². The highest BCUT2D eigenvalue weighted by atomic mass is 19.4. The predicted octanol–water partition coefficient (Wildman–Crippen LogP) is 3.62. The second-order valence-corrected chi connectivity index (χ2v) is 8.42. The third-order valence-electron chi connectivity index (χ3n) is 4.85. The molecule has 6 nitrogen and oxygen atoms in total. The highest BCUT2D eigenvalue weighted by Gasteiger charge is 2.56. The number of nitrogens with zero attached hydrogens (tertiary/aromatic N) is 3. The number of carbonyl (C=O) groups is 2. The molecule has 1 fully saturated rings. The molecule has 1 atom stereocenters. The van der Waals surface area contributed by atoms with Crippen LogP contribution >= 0.6 is 0 Å². The fraction of sp³-hybridized carbons (Fsp3) is 0.550. The number of halogens is 3. The number of carbonyl (C=O) groups excluding carboxylic acids is 2. The van der Waals surface area contributed by atoms with E-state index in [9.17, 15) is 22.8 Å². The summed E-state index contributed by atoms with van der Waals surface area (Å²) in [7, 11) is 0. The standard InChI is InChI=1S/C20H24F3N3O3/c1-18(2,3)29-17(28)25-10-9-15-19(12-25,11-14-7-5-4-6-8-14)16(27)26(24-15)13-20(21,22)23/h4-8H,9-13H2,1-3H3/t19-/m1/s1. The van der Waals surface area contributed by atoms with Gasteiger partial charge in [0, 0.05) is 19.5 Å². The van der Waals surface area contributed by atoms with Gasteiger partial charge in [0.25, 0.3) is 5.91 Å². The number of hydrazone groups is 1. The molecule has 9 heteroatoms. The van der Waals surface area contributed by atoms with Gasteiger partial charge in [0.2, 0.25) is 0 Å². The molecule has 3 rings (SSSR count). The van der Waals surface area contributed by atoms with Crippen LogP contribution < -0.4 is 0 Å². The normalized spacial score (nSPS) is 22.4. The Morgan fingerprint density at radius 3 is 2.45 bits per heavy atom. The van der Waals surface area contributed by atoms with Crippen molar-refractivity contribution in [1.82, 2.24) is 9.91 Å². The first-order valence-electron chi connectivity index (χ1n) is 9.38. The summed E-state index contributed by atoms with van der Waals surface area (Å²) in [6, 6.07) is 9.02. The molecule has 0 aliphatic carbocycles. The van der Waals surface area contributed by atoms with Crippen molar-refractivity contribution in [3.05, 3.63) is 35.9 Å². The van der Waals surface area contributed by atoms with E-state index in [0.29, 0.717) is 10.7 Å². The lowest BCUT2D eigenvalue weighted by Crippen LogP contribution is -2.56. The second-order valence-electron chi connectivity index (χ2n) is 8.42. The van der Waals surface area contributed by atoms with E-state index < -0.39 is 35.7 Å². The molecular weight excluding hydrogens is 387 g/mol. The Hall–Kier alpha value is -2.58. The third kappa shape index (κ3) is 4.71. The van der Waals surface area contributed by atoms with E-state index in [2.05, 4.69) is 5.10 Å². The zero-order valence-corrected chi connectivity index (χ0v) is 16.6. The number of rotatable bonds is 3. The Morgan fingerprint density at radius 1 is 1.21 bits per heavy atom. The molecular formula is C20H24F3N3O3. The average molecular weight is 411 g/mol. The van der Waals surface area contributed by atoms with E-state index in [-0.39, 0.29) is 25.9 Å². The maximum atomic E-state index is 13.1. The Kier molecular flexibility index (Phi) is 5.36. The van der Waals surface area contributed by atoms with Gasteiger partial charge in [-0.3, -0.25) is 4.79 Å². The van der Waals surface area contributed by atoms with Crippen LogP contribution in [-0.4, -0.2) is 59.0 Å². The van der Waals surface area contributed by atoms with Gasteiger partial charge in [-0.1, -0.05) is 30.3 Å². The first-order chi connectivity index (χ1) is 13.4. The van der Waals surface area contributed by atoms with Crippen LogP contribution in [0.3, 0.4) is 0 Å². The first kappa shape index (κ1) is 21.1. The maximum absolute atomic E-state index is 13.1. The predicted molar refractivity (Wildman–Crippen MR) is 100 cm³/mol. The van der Waals surface area contributed by atoms with E-state index >= 15 is 0 Å². The molecule has 0 unspecified atom stereocenters. The SMILES string of the molecule is CC(C)(C)OC(=O)N1CCC2=NN(CC(F)(F)F)C(=O)[C@]2(Cc2ccccc2)C1. The number of hydrogen-bond acceptors (Lipinski definition) is 4. The Balaban J connectivity index is 1.92. The Morgan fingerprint density at radius 2 is 1.86 bits per heavy atom. The van der Waals surface area contributed by atoms with Crippen LogP contribution in [0.25, 0.3) is 0 Å². The van der Waals surface area contributed by atoms with Crippen molar-refractivity contribution in [3.8, 4) is 0 Å². The van der Waals surface area contributed by atoms with Gasteiger partial charge < -0.3 is 9.64 Å². The van der Waals surface area contributed by atoms with Crippen molar-refractivity contribution >= 4 is 17.7 Å². The van der Waals surface area contributed by atoms with Crippen LogP contribution in [0.2, 0.25) is 0 Å². The number of hydrogen-bond donors (Lipinski definition) is 0. The summed E-state index contributed by atoms with van der Waals surface area (Å²) in [5.41, 5.74) is -0.870. The number of fused-ring (bicyclic) bond motifs is 1. The van der Waals surface area contributed by atoms with Gasteiger partial charge in [-0.2, -0.15) is 18.3 Å². The smallest absolute Gasteiger partial charge is 0.410 e. The molecule has 1 aromatic rings. The molecule has 29 heavy (non-hydrogen) atoms. The summed E-state index contributed by atoms with van der Waals surface area (Å²) in [5, 5.41) is 4.51. The third-order valence-corrected chi connectivity index (χ3v) is 4.85. The zero-order chi connectivity index (χ0) is 21.4. The molecule has 2 heterocycles. The van der Waals surface area contributed by atoms with Crippen LogP contribution in [-0.2, 0) is 16.0 Å². The second kappa shape index (κ2) is 7.35. The van der Waals surface area contributed by atoms with Gasteiger partial charge in [-0.15, -0.1) is 0 Å². The van der Waals surface area contributed by atoms with E-state index in [4.69, 9.17) is 4.74 Å². The fourth-order valence-electron chi connectivity index (χ4n) is 3.69. The van der Waals surface area contributed by atoms with Crippen LogP contribution in [0, 0.1) is 5.41 Å². The molecule has 0 radical (unpaired) electrons. The van der Waals surface area contributed by atoms with E-state index in [1.54, 1.807) is 45.0 Å². The minimum Gasteiger partial charge on any atom is -0.444 e. The maximum Gasteiger partial charge on any atom is 0.410 e. The fourth-order valence-corrected chi connectivity index (χ4v) is 3.69. The summed E-state index contributed by atoms with van der Waals surface area (Å²) in [4.78, 5) is 27.1. The topological polar surface area (TPSA) is 62.2 Å². The van der Waals surface area contributed by atoms with Crippen LogP contribution in [0.4, 0.5) is 18.0 Å². The number of piperidine rings is 1. The Labute approximate surface area is 167 Å². The summed E-state index contributed by atoms with van der Waals surface area (Å²) in [6.45, 7) is 3.91. The summed E-state index contributed by atoms with van der Waals surface area (Å²) in [5.74, 6) is -0.734. The van der Waals surface area contributed by atoms with Gasteiger partial charge in [0.15, 0.2) is 0 Å². The van der Waals surface area contributed by atoms with Crippen LogP contribution in [0.5, 0.6) is 0 Å². The van der Waals surface area contributed by atoms with Crippen molar-refractivity contribution in [1.29, 1.82) is 0 Å². The molecule has 0 saturated carbocycles. The molecule has 0 spiro atoms. The molecule has 0 bridgehead atoms. The van der Waals surface area contributed by atoms with Gasteiger partial charge in [-0.05, 0) is 32.8 Å². The molecule has 1 saturated heterocycles.